The Balaban J connectivity index is 2.34. The highest BCUT2D eigenvalue weighted by Crippen LogP contribution is 2.16. The summed E-state index contributed by atoms with van der Waals surface area (Å²) in [5.74, 6) is 0.986. The largest absolute Gasteiger partial charge is 0.495 e. The molecular formula is C11H18N4O. The van der Waals surface area contributed by atoms with Gasteiger partial charge in [0.05, 0.1) is 12.8 Å². The quantitative estimate of drug-likeness (QED) is 0.421. The van der Waals surface area contributed by atoms with Crippen molar-refractivity contribution >= 4 is 5.96 Å². The number of methoxy groups -OCH3 is 1. The van der Waals surface area contributed by atoms with E-state index in [4.69, 9.17) is 16.2 Å². The molecule has 0 aromatic carbocycles. The van der Waals surface area contributed by atoms with E-state index in [1.807, 2.05) is 12.1 Å². The minimum Gasteiger partial charge on any atom is -0.495 e. The predicted molar refractivity (Wildman–Crippen MR) is 64.4 cm³/mol. The molecular weight excluding hydrogens is 204 g/mol. The zero-order valence-corrected chi connectivity index (χ0v) is 9.52. The third-order valence-corrected chi connectivity index (χ3v) is 2.18. The lowest BCUT2D eigenvalue weighted by molar-refractivity contribution is 0.406. The molecule has 0 aliphatic heterocycles. The molecule has 0 aliphatic rings. The first-order valence-electron chi connectivity index (χ1n) is 5.27. The van der Waals surface area contributed by atoms with Crippen molar-refractivity contribution in [2.45, 2.75) is 19.3 Å². The van der Waals surface area contributed by atoms with Crippen LogP contribution in [-0.4, -0.2) is 24.6 Å². The third-order valence-electron chi connectivity index (χ3n) is 2.18. The van der Waals surface area contributed by atoms with E-state index in [0.29, 0.717) is 6.54 Å². The summed E-state index contributed by atoms with van der Waals surface area (Å²) in [5.41, 5.74) is 11.4. The van der Waals surface area contributed by atoms with Gasteiger partial charge in [0.25, 0.3) is 0 Å². The van der Waals surface area contributed by atoms with E-state index in [2.05, 4.69) is 9.98 Å². The molecule has 0 radical (unpaired) electrons. The van der Waals surface area contributed by atoms with Crippen molar-refractivity contribution < 1.29 is 4.74 Å². The summed E-state index contributed by atoms with van der Waals surface area (Å²) < 4.78 is 5.21. The van der Waals surface area contributed by atoms with Gasteiger partial charge < -0.3 is 16.2 Å². The molecule has 0 spiro atoms. The Bertz CT molecular complexity index is 348. The summed E-state index contributed by atoms with van der Waals surface area (Å²) in [5, 5.41) is 0. The molecule has 5 nitrogen and oxygen atoms in total. The van der Waals surface area contributed by atoms with Crippen LogP contribution >= 0.6 is 0 Å². The van der Waals surface area contributed by atoms with Crippen molar-refractivity contribution in [1.82, 2.24) is 4.98 Å². The summed E-state index contributed by atoms with van der Waals surface area (Å²) in [4.78, 5) is 8.19. The van der Waals surface area contributed by atoms with Crippen LogP contribution in [0.2, 0.25) is 0 Å². The molecule has 1 rings (SSSR count). The van der Waals surface area contributed by atoms with E-state index in [1.54, 1.807) is 13.3 Å². The Kier molecular flexibility index (Phi) is 5.11. The molecule has 16 heavy (non-hydrogen) atoms. The molecule has 4 N–H and O–H groups in total. The summed E-state index contributed by atoms with van der Waals surface area (Å²) in [6, 6.07) is 3.78. The van der Waals surface area contributed by atoms with E-state index >= 15 is 0 Å². The van der Waals surface area contributed by atoms with Gasteiger partial charge in [0.2, 0.25) is 0 Å². The van der Waals surface area contributed by atoms with Crippen molar-refractivity contribution in [3.8, 4) is 5.75 Å². The second-order valence-electron chi connectivity index (χ2n) is 3.42. The fourth-order valence-electron chi connectivity index (χ4n) is 1.41. The Morgan fingerprint density at radius 1 is 1.44 bits per heavy atom. The minimum absolute atomic E-state index is 0.149. The molecule has 1 aromatic rings. The fourth-order valence-corrected chi connectivity index (χ4v) is 1.41. The number of unbranched alkanes of at least 4 members (excludes halogenated alkanes) is 1. The number of aromatic nitrogens is 1. The van der Waals surface area contributed by atoms with Gasteiger partial charge >= 0.3 is 0 Å². The number of rotatable bonds is 6. The summed E-state index contributed by atoms with van der Waals surface area (Å²) in [6.45, 7) is 0.664. The predicted octanol–water partition coefficient (Wildman–Crippen LogP) is 0.686. The van der Waals surface area contributed by atoms with Crippen LogP contribution in [0.3, 0.4) is 0 Å². The molecule has 0 unspecified atom stereocenters. The topological polar surface area (TPSA) is 86.5 Å². The van der Waals surface area contributed by atoms with Gasteiger partial charge in [-0.15, -0.1) is 0 Å². The van der Waals surface area contributed by atoms with E-state index in [0.717, 1.165) is 30.7 Å². The zero-order chi connectivity index (χ0) is 11.8. The summed E-state index contributed by atoms with van der Waals surface area (Å²) in [6.07, 6.45) is 4.58. The number of pyridine rings is 1. The van der Waals surface area contributed by atoms with E-state index in [1.165, 1.54) is 0 Å². The monoisotopic (exact) mass is 222 g/mol. The highest BCUT2D eigenvalue weighted by Gasteiger charge is 2.02. The lowest BCUT2D eigenvalue weighted by atomic mass is 10.1. The molecule has 5 heteroatoms. The second-order valence-corrected chi connectivity index (χ2v) is 3.42. The van der Waals surface area contributed by atoms with Gasteiger partial charge in [0, 0.05) is 12.7 Å². The van der Waals surface area contributed by atoms with Gasteiger partial charge in [0.15, 0.2) is 5.96 Å². The first kappa shape index (κ1) is 12.3. The van der Waals surface area contributed by atoms with Crippen LogP contribution < -0.4 is 16.2 Å². The van der Waals surface area contributed by atoms with Crippen LogP contribution in [0.1, 0.15) is 18.5 Å². The van der Waals surface area contributed by atoms with E-state index in [9.17, 15) is 0 Å². The van der Waals surface area contributed by atoms with Crippen molar-refractivity contribution in [2.24, 2.45) is 16.5 Å². The van der Waals surface area contributed by atoms with Gasteiger partial charge in [-0.1, -0.05) is 0 Å². The molecule has 0 saturated heterocycles. The fraction of sp³-hybridized carbons (Fsp3) is 0.455. The van der Waals surface area contributed by atoms with Gasteiger partial charge in [-0.3, -0.25) is 9.98 Å². The second kappa shape index (κ2) is 6.66. The van der Waals surface area contributed by atoms with Gasteiger partial charge in [-0.05, 0) is 31.4 Å². The Morgan fingerprint density at radius 2 is 2.25 bits per heavy atom. The highest BCUT2D eigenvalue weighted by atomic mass is 16.5. The SMILES string of the molecule is COc1cccnc1CCCCN=C(N)N. The van der Waals surface area contributed by atoms with Crippen LogP contribution in [0.5, 0.6) is 5.75 Å². The standard InChI is InChI=1S/C11H18N4O/c1-16-10-6-4-8-14-9(10)5-2-3-7-15-11(12)13/h4,6,8H,2-3,5,7H2,1H3,(H4,12,13,15). The molecule has 88 valence electrons. The van der Waals surface area contributed by atoms with Crippen LogP contribution in [0.25, 0.3) is 0 Å². The van der Waals surface area contributed by atoms with Crippen molar-refractivity contribution in [3.05, 3.63) is 24.0 Å². The maximum Gasteiger partial charge on any atom is 0.185 e. The maximum atomic E-state index is 5.23. The molecule has 0 saturated carbocycles. The molecule has 1 heterocycles. The molecule has 1 aromatic heterocycles. The van der Waals surface area contributed by atoms with Gasteiger partial charge in [-0.25, -0.2) is 0 Å². The maximum absolute atomic E-state index is 5.23. The molecule has 0 fully saturated rings. The summed E-state index contributed by atoms with van der Waals surface area (Å²) in [7, 11) is 1.65. The number of hydrogen-bond acceptors (Lipinski definition) is 3. The first-order valence-corrected chi connectivity index (χ1v) is 5.27. The molecule has 0 atom stereocenters. The van der Waals surface area contributed by atoms with Gasteiger partial charge in [-0.2, -0.15) is 0 Å². The average Bonchev–Trinajstić information content (AvgIpc) is 2.29. The van der Waals surface area contributed by atoms with Crippen molar-refractivity contribution in [3.63, 3.8) is 0 Å². The smallest absolute Gasteiger partial charge is 0.185 e. The first-order chi connectivity index (χ1) is 7.74. The molecule has 0 bridgehead atoms. The zero-order valence-electron chi connectivity index (χ0n) is 9.52. The Labute approximate surface area is 95.5 Å². The Hall–Kier alpha value is -1.78. The summed E-state index contributed by atoms with van der Waals surface area (Å²) >= 11 is 0. The third kappa shape index (κ3) is 4.16. The Morgan fingerprint density at radius 3 is 2.94 bits per heavy atom. The van der Waals surface area contributed by atoms with Crippen LogP contribution in [-0.2, 0) is 6.42 Å². The highest BCUT2D eigenvalue weighted by molar-refractivity contribution is 5.75. The average molecular weight is 222 g/mol. The van der Waals surface area contributed by atoms with Crippen molar-refractivity contribution in [1.29, 1.82) is 0 Å². The number of aliphatic imine (C=N–C) groups is 1. The number of nitrogens with two attached hydrogens (primary N) is 2. The number of guanidine groups is 1. The minimum atomic E-state index is 0.149. The van der Waals surface area contributed by atoms with Gasteiger partial charge in [0.1, 0.15) is 5.75 Å². The lowest BCUT2D eigenvalue weighted by Crippen LogP contribution is -2.22. The van der Waals surface area contributed by atoms with Crippen LogP contribution in [0.15, 0.2) is 23.3 Å². The van der Waals surface area contributed by atoms with Crippen LogP contribution in [0.4, 0.5) is 0 Å². The number of nitrogens with zero attached hydrogens (tertiary/aromatic N) is 2. The van der Waals surface area contributed by atoms with E-state index in [-0.39, 0.29) is 5.96 Å². The number of aryl methyl sites for hydroxylation is 1. The number of ether oxygens (including phenoxy) is 1. The number of hydrogen-bond donors (Lipinski definition) is 2. The van der Waals surface area contributed by atoms with Crippen LogP contribution in [0, 0.1) is 0 Å². The molecule has 0 aliphatic carbocycles. The van der Waals surface area contributed by atoms with Crippen molar-refractivity contribution in [2.75, 3.05) is 13.7 Å². The molecule has 0 amide bonds. The normalized spacial score (nSPS) is 9.81. The lowest BCUT2D eigenvalue weighted by Gasteiger charge is -2.05. The van der Waals surface area contributed by atoms with E-state index < -0.39 is 0 Å².